The summed E-state index contributed by atoms with van der Waals surface area (Å²) in [4.78, 5) is 0. The number of aliphatic hydroxyl groups excluding tert-OH is 1. The molecule has 1 aliphatic rings. The molecule has 4 unspecified atom stereocenters. The van der Waals surface area contributed by atoms with E-state index in [1.165, 1.54) is 0 Å². The Morgan fingerprint density at radius 2 is 2.08 bits per heavy atom. The molecule has 0 bridgehead atoms. The Kier molecular flexibility index (Phi) is 4.16. The highest BCUT2D eigenvalue weighted by atomic mass is 16.5. The van der Waals surface area contributed by atoms with Crippen molar-refractivity contribution >= 4 is 0 Å². The summed E-state index contributed by atoms with van der Waals surface area (Å²) in [6.45, 7) is 3.84. The maximum atomic E-state index is 9.31. The van der Waals surface area contributed by atoms with Crippen molar-refractivity contribution in [2.45, 2.75) is 57.4 Å². The third-order valence-electron chi connectivity index (χ3n) is 2.94. The number of hydrogen-bond donors (Lipinski definition) is 2. The van der Waals surface area contributed by atoms with Gasteiger partial charge >= 0.3 is 0 Å². The molecule has 3 nitrogen and oxygen atoms in total. The number of hydrogen-bond acceptors (Lipinski definition) is 3. The Morgan fingerprint density at radius 1 is 1.38 bits per heavy atom. The third-order valence-corrected chi connectivity index (χ3v) is 2.94. The van der Waals surface area contributed by atoms with E-state index in [1.807, 2.05) is 13.8 Å². The Balaban J connectivity index is 2.23. The van der Waals surface area contributed by atoms with Gasteiger partial charge in [0.1, 0.15) is 0 Å². The van der Waals surface area contributed by atoms with Crippen molar-refractivity contribution in [2.24, 2.45) is 0 Å². The van der Waals surface area contributed by atoms with Gasteiger partial charge in [-0.2, -0.15) is 0 Å². The monoisotopic (exact) mass is 187 g/mol. The first-order valence-corrected chi connectivity index (χ1v) is 5.10. The molecule has 1 aliphatic carbocycles. The minimum Gasteiger partial charge on any atom is -0.392 e. The lowest BCUT2D eigenvalue weighted by atomic mass is 10.1. The molecule has 0 saturated heterocycles. The molecule has 0 amide bonds. The van der Waals surface area contributed by atoms with Gasteiger partial charge in [0.25, 0.3) is 0 Å². The van der Waals surface area contributed by atoms with Gasteiger partial charge in [0.2, 0.25) is 0 Å². The number of aliphatic hydroxyl groups is 1. The first-order valence-electron chi connectivity index (χ1n) is 5.10. The van der Waals surface area contributed by atoms with Crippen LogP contribution in [0.1, 0.15) is 33.1 Å². The molecule has 0 heterocycles. The van der Waals surface area contributed by atoms with E-state index in [9.17, 15) is 5.11 Å². The molecule has 0 aromatic carbocycles. The molecular formula is C10H21NO2. The molecule has 13 heavy (non-hydrogen) atoms. The first-order chi connectivity index (χ1) is 6.13. The summed E-state index contributed by atoms with van der Waals surface area (Å²) in [6, 6.07) is 0.704. The molecule has 4 atom stereocenters. The van der Waals surface area contributed by atoms with E-state index < -0.39 is 0 Å². The van der Waals surface area contributed by atoms with E-state index in [0.29, 0.717) is 12.1 Å². The van der Waals surface area contributed by atoms with Crippen LogP contribution < -0.4 is 5.32 Å². The fraction of sp³-hybridized carbons (Fsp3) is 1.00. The third kappa shape index (κ3) is 3.25. The van der Waals surface area contributed by atoms with Crippen LogP contribution >= 0.6 is 0 Å². The quantitative estimate of drug-likeness (QED) is 0.687. The van der Waals surface area contributed by atoms with E-state index in [2.05, 4.69) is 5.32 Å². The van der Waals surface area contributed by atoms with Gasteiger partial charge in [0, 0.05) is 19.2 Å². The molecule has 0 aliphatic heterocycles. The molecule has 1 fully saturated rings. The second-order valence-electron chi connectivity index (χ2n) is 4.06. The lowest BCUT2D eigenvalue weighted by molar-refractivity contribution is 0.103. The van der Waals surface area contributed by atoms with Crippen molar-refractivity contribution < 1.29 is 9.84 Å². The van der Waals surface area contributed by atoms with Crippen LogP contribution in [0.4, 0.5) is 0 Å². The van der Waals surface area contributed by atoms with Gasteiger partial charge in [-0.15, -0.1) is 0 Å². The molecule has 0 aromatic heterocycles. The van der Waals surface area contributed by atoms with E-state index in [-0.39, 0.29) is 12.1 Å². The summed E-state index contributed by atoms with van der Waals surface area (Å²) in [5.41, 5.74) is 0. The molecule has 78 valence electrons. The summed E-state index contributed by atoms with van der Waals surface area (Å²) in [7, 11) is 1.77. The van der Waals surface area contributed by atoms with Crippen LogP contribution in [0, 0.1) is 0 Å². The SMILES string of the molecule is COC1CCC(NC(C)C(C)O)C1. The molecule has 0 spiro atoms. The fourth-order valence-corrected chi connectivity index (χ4v) is 1.82. The second kappa shape index (κ2) is 4.94. The van der Waals surface area contributed by atoms with Crippen molar-refractivity contribution in [3.63, 3.8) is 0 Å². The second-order valence-corrected chi connectivity index (χ2v) is 4.06. The van der Waals surface area contributed by atoms with Crippen LogP contribution in [-0.4, -0.2) is 36.5 Å². The molecule has 1 saturated carbocycles. The maximum absolute atomic E-state index is 9.31. The standard InChI is InChI=1S/C10H21NO2/c1-7(8(2)12)11-9-4-5-10(6-9)13-3/h7-12H,4-6H2,1-3H3. The van der Waals surface area contributed by atoms with Crippen LogP contribution in [0.3, 0.4) is 0 Å². The van der Waals surface area contributed by atoms with Crippen LogP contribution in [0.25, 0.3) is 0 Å². The van der Waals surface area contributed by atoms with Gasteiger partial charge in [-0.1, -0.05) is 0 Å². The molecule has 0 aromatic rings. The highest BCUT2D eigenvalue weighted by Gasteiger charge is 2.25. The van der Waals surface area contributed by atoms with Crippen LogP contribution in [0.2, 0.25) is 0 Å². The van der Waals surface area contributed by atoms with E-state index in [1.54, 1.807) is 7.11 Å². The Bertz CT molecular complexity index is 150. The predicted molar refractivity (Wildman–Crippen MR) is 52.7 cm³/mol. The normalized spacial score (nSPS) is 33.2. The van der Waals surface area contributed by atoms with Crippen LogP contribution in [0.5, 0.6) is 0 Å². The van der Waals surface area contributed by atoms with E-state index in [4.69, 9.17) is 4.74 Å². The number of rotatable bonds is 4. The van der Waals surface area contributed by atoms with Crippen molar-refractivity contribution in [1.29, 1.82) is 0 Å². The molecule has 2 N–H and O–H groups in total. The minimum atomic E-state index is -0.276. The zero-order valence-electron chi connectivity index (χ0n) is 8.79. The summed E-state index contributed by atoms with van der Waals surface area (Å²) in [6.07, 6.45) is 3.52. The molecular weight excluding hydrogens is 166 g/mol. The zero-order chi connectivity index (χ0) is 9.84. The Hall–Kier alpha value is -0.120. The topological polar surface area (TPSA) is 41.5 Å². The smallest absolute Gasteiger partial charge is 0.0662 e. The Morgan fingerprint density at radius 3 is 2.54 bits per heavy atom. The van der Waals surface area contributed by atoms with E-state index in [0.717, 1.165) is 19.3 Å². The number of nitrogens with one attached hydrogen (secondary N) is 1. The van der Waals surface area contributed by atoms with Gasteiger partial charge < -0.3 is 15.2 Å². The van der Waals surface area contributed by atoms with Crippen LogP contribution in [0.15, 0.2) is 0 Å². The fourth-order valence-electron chi connectivity index (χ4n) is 1.82. The highest BCUT2D eigenvalue weighted by Crippen LogP contribution is 2.21. The summed E-state index contributed by atoms with van der Waals surface area (Å²) in [5.74, 6) is 0. The van der Waals surface area contributed by atoms with Crippen molar-refractivity contribution in [1.82, 2.24) is 5.32 Å². The average Bonchev–Trinajstić information content (AvgIpc) is 2.52. The zero-order valence-corrected chi connectivity index (χ0v) is 8.79. The van der Waals surface area contributed by atoms with Gasteiger partial charge in [-0.05, 0) is 33.1 Å². The maximum Gasteiger partial charge on any atom is 0.0662 e. The average molecular weight is 187 g/mol. The van der Waals surface area contributed by atoms with Crippen molar-refractivity contribution in [3.8, 4) is 0 Å². The molecule has 1 rings (SSSR count). The number of ether oxygens (including phenoxy) is 1. The first kappa shape index (κ1) is 11.0. The van der Waals surface area contributed by atoms with Gasteiger partial charge in [0.05, 0.1) is 12.2 Å². The summed E-state index contributed by atoms with van der Waals surface area (Å²) >= 11 is 0. The largest absolute Gasteiger partial charge is 0.392 e. The molecule has 0 radical (unpaired) electrons. The Labute approximate surface area is 80.5 Å². The molecule has 3 heteroatoms. The van der Waals surface area contributed by atoms with Crippen LogP contribution in [-0.2, 0) is 4.74 Å². The van der Waals surface area contributed by atoms with Gasteiger partial charge in [-0.3, -0.25) is 0 Å². The summed E-state index contributed by atoms with van der Waals surface area (Å²) < 4.78 is 5.28. The lowest BCUT2D eigenvalue weighted by Gasteiger charge is -2.21. The van der Waals surface area contributed by atoms with Gasteiger partial charge in [0.15, 0.2) is 0 Å². The van der Waals surface area contributed by atoms with Crippen molar-refractivity contribution in [2.75, 3.05) is 7.11 Å². The highest BCUT2D eigenvalue weighted by molar-refractivity contribution is 4.83. The minimum absolute atomic E-state index is 0.181. The number of methoxy groups -OCH3 is 1. The predicted octanol–water partition coefficient (Wildman–Crippen LogP) is 0.913. The van der Waals surface area contributed by atoms with Gasteiger partial charge in [-0.25, -0.2) is 0 Å². The lowest BCUT2D eigenvalue weighted by Crippen LogP contribution is -2.41. The summed E-state index contributed by atoms with van der Waals surface area (Å²) in [5, 5.41) is 12.7. The van der Waals surface area contributed by atoms with E-state index >= 15 is 0 Å². The van der Waals surface area contributed by atoms with Crippen molar-refractivity contribution in [3.05, 3.63) is 0 Å².